The van der Waals surface area contributed by atoms with Crippen molar-refractivity contribution in [3.05, 3.63) is 69.7 Å². The van der Waals surface area contributed by atoms with Crippen molar-refractivity contribution in [2.45, 2.75) is 135 Å². The number of halogens is 2. The van der Waals surface area contributed by atoms with Gasteiger partial charge in [0.15, 0.2) is 0 Å². The molecule has 0 spiro atoms. The summed E-state index contributed by atoms with van der Waals surface area (Å²) >= 11 is 11.5. The highest BCUT2D eigenvalue weighted by molar-refractivity contribution is 6.81. The molecule has 0 bridgehead atoms. The summed E-state index contributed by atoms with van der Waals surface area (Å²) in [6.07, 6.45) is 4.48. The van der Waals surface area contributed by atoms with Crippen molar-refractivity contribution in [3.8, 4) is 0 Å². The molecule has 7 N–H and O–H groups in total. The Kier molecular flexibility index (Phi) is 28.3. The zero-order valence-electron chi connectivity index (χ0n) is 31.6. The Morgan fingerprint density at radius 1 is 0.875 bits per heavy atom. The Morgan fingerprint density at radius 2 is 1.31 bits per heavy atom. The van der Waals surface area contributed by atoms with Gasteiger partial charge < -0.3 is 36.2 Å². The van der Waals surface area contributed by atoms with Crippen LogP contribution in [0.5, 0.6) is 0 Å². The van der Waals surface area contributed by atoms with Gasteiger partial charge in [0.25, 0.3) is 0 Å². The van der Waals surface area contributed by atoms with Crippen LogP contribution in [0.1, 0.15) is 85.8 Å². The first-order chi connectivity index (χ1) is 22.4. The van der Waals surface area contributed by atoms with Crippen molar-refractivity contribution in [2.75, 3.05) is 33.0 Å². The summed E-state index contributed by atoms with van der Waals surface area (Å²) in [7, 11) is -0.982. The van der Waals surface area contributed by atoms with Gasteiger partial charge in [-0.25, -0.2) is 0 Å². The van der Waals surface area contributed by atoms with E-state index in [1.165, 1.54) is 6.42 Å². The third-order valence-electron chi connectivity index (χ3n) is 8.83. The van der Waals surface area contributed by atoms with E-state index in [-0.39, 0.29) is 31.4 Å². The number of ether oxygens (including phenoxy) is 1. The fourth-order valence-corrected chi connectivity index (χ4v) is 5.69. The third kappa shape index (κ3) is 25.0. The fourth-order valence-electron chi connectivity index (χ4n) is 3.71. The molecule has 1 heterocycles. The summed E-state index contributed by atoms with van der Waals surface area (Å²) in [6.45, 7) is 24.7. The SMILES string of the molecule is CC(C)[Si](C)(C)C(C)(C)C.CCCO.CC[C@@H](O)CNC(CO)Cc1ccc(Cl)cc1.CC[C@@H]1CO1.NC(CO)Cc1ccc(Cl)cc1. The lowest BCUT2D eigenvalue weighted by Crippen LogP contribution is -2.39. The molecule has 1 saturated heterocycles. The minimum atomic E-state index is -0.982. The van der Waals surface area contributed by atoms with Crippen molar-refractivity contribution in [1.29, 1.82) is 0 Å². The second-order valence-corrected chi connectivity index (χ2v) is 21.1. The van der Waals surface area contributed by atoms with Gasteiger partial charge in [0, 0.05) is 35.3 Å². The van der Waals surface area contributed by atoms with Crippen LogP contribution in [-0.2, 0) is 17.6 Å². The van der Waals surface area contributed by atoms with Crippen LogP contribution in [0.25, 0.3) is 0 Å². The molecule has 0 aromatic heterocycles. The van der Waals surface area contributed by atoms with E-state index < -0.39 is 8.07 Å². The molecular weight excluding hydrogens is 663 g/mol. The molecule has 0 saturated carbocycles. The van der Waals surface area contributed by atoms with Crippen molar-refractivity contribution in [2.24, 2.45) is 5.73 Å². The Hall–Kier alpha value is -1.04. The summed E-state index contributed by atoms with van der Waals surface area (Å²) in [4.78, 5) is 0. The number of aliphatic hydroxyl groups excluding tert-OH is 4. The van der Waals surface area contributed by atoms with Crippen LogP contribution in [0.2, 0.25) is 33.7 Å². The Bertz CT molecular complexity index is 1020. The second-order valence-electron chi connectivity index (χ2n) is 14.2. The zero-order chi connectivity index (χ0) is 37.3. The largest absolute Gasteiger partial charge is 0.396 e. The van der Waals surface area contributed by atoms with Crippen LogP contribution in [0.3, 0.4) is 0 Å². The first kappa shape index (κ1) is 49.1. The van der Waals surface area contributed by atoms with Crippen LogP contribution >= 0.6 is 23.2 Å². The maximum atomic E-state index is 9.44. The van der Waals surface area contributed by atoms with Crippen LogP contribution in [-0.4, -0.2) is 85.8 Å². The lowest BCUT2D eigenvalue weighted by molar-refractivity contribution is 0.153. The Labute approximate surface area is 304 Å². The van der Waals surface area contributed by atoms with E-state index in [0.29, 0.717) is 42.2 Å². The van der Waals surface area contributed by atoms with Gasteiger partial charge in [-0.15, -0.1) is 0 Å². The summed E-state index contributed by atoms with van der Waals surface area (Å²) in [6, 6.07) is 14.8. The van der Waals surface area contributed by atoms with E-state index in [0.717, 1.165) is 41.1 Å². The molecule has 3 rings (SSSR count). The van der Waals surface area contributed by atoms with Crippen molar-refractivity contribution in [3.63, 3.8) is 0 Å². The summed E-state index contributed by atoms with van der Waals surface area (Å²) < 4.78 is 4.86. The van der Waals surface area contributed by atoms with Crippen LogP contribution in [0.4, 0.5) is 0 Å². The van der Waals surface area contributed by atoms with Gasteiger partial charge in [-0.05, 0) is 72.5 Å². The molecule has 280 valence electrons. The second kappa shape index (κ2) is 27.7. The van der Waals surface area contributed by atoms with Gasteiger partial charge in [-0.2, -0.15) is 0 Å². The van der Waals surface area contributed by atoms with Gasteiger partial charge in [-0.1, -0.05) is 121 Å². The van der Waals surface area contributed by atoms with Crippen molar-refractivity contribution >= 4 is 31.3 Å². The number of hydrogen-bond donors (Lipinski definition) is 6. The third-order valence-corrected chi connectivity index (χ3v) is 16.1. The predicted molar refractivity (Wildman–Crippen MR) is 210 cm³/mol. The van der Waals surface area contributed by atoms with E-state index in [9.17, 15) is 10.2 Å². The Balaban J connectivity index is 0. The molecule has 1 aliphatic rings. The molecule has 2 aromatic carbocycles. The normalized spacial score (nSPS) is 15.6. The zero-order valence-corrected chi connectivity index (χ0v) is 34.1. The van der Waals surface area contributed by atoms with E-state index in [2.05, 4.69) is 60.0 Å². The number of benzene rings is 2. The van der Waals surface area contributed by atoms with Gasteiger partial charge in [0.1, 0.15) is 0 Å². The number of rotatable bonds is 13. The topological polar surface area (TPSA) is 132 Å². The monoisotopic (exact) mass is 732 g/mol. The number of hydrogen-bond acceptors (Lipinski definition) is 7. The molecule has 0 radical (unpaired) electrons. The highest BCUT2D eigenvalue weighted by Gasteiger charge is 2.37. The van der Waals surface area contributed by atoms with E-state index in [1.54, 1.807) is 0 Å². The van der Waals surface area contributed by atoms with Gasteiger partial charge in [-0.3, -0.25) is 0 Å². The lowest BCUT2D eigenvalue weighted by Gasteiger charge is -2.40. The van der Waals surface area contributed by atoms with Gasteiger partial charge >= 0.3 is 0 Å². The van der Waals surface area contributed by atoms with Gasteiger partial charge in [0.2, 0.25) is 0 Å². The molecule has 1 fully saturated rings. The molecule has 0 amide bonds. The predicted octanol–water partition coefficient (Wildman–Crippen LogP) is 7.89. The molecule has 10 heteroatoms. The molecular formula is C38H70Cl2N2O5Si. The summed E-state index contributed by atoms with van der Waals surface area (Å²) in [5.74, 6) is 0. The van der Waals surface area contributed by atoms with Crippen molar-refractivity contribution in [1.82, 2.24) is 5.32 Å². The van der Waals surface area contributed by atoms with Gasteiger partial charge in [0.05, 0.1) is 40.1 Å². The first-order valence-electron chi connectivity index (χ1n) is 17.5. The molecule has 7 nitrogen and oxygen atoms in total. The number of epoxide rings is 1. The number of nitrogens with two attached hydrogens (primary N) is 1. The van der Waals surface area contributed by atoms with Crippen LogP contribution in [0.15, 0.2) is 48.5 Å². The van der Waals surface area contributed by atoms with E-state index in [4.69, 9.17) is 43.9 Å². The molecule has 0 aliphatic carbocycles. The smallest absolute Gasteiger partial charge is 0.0807 e. The van der Waals surface area contributed by atoms with Crippen molar-refractivity contribution < 1.29 is 25.2 Å². The number of aliphatic hydroxyl groups is 4. The molecule has 2 aromatic rings. The fraction of sp³-hybridized carbons (Fsp3) is 0.684. The highest BCUT2D eigenvalue weighted by atomic mass is 35.5. The van der Waals surface area contributed by atoms with Crippen LogP contribution < -0.4 is 11.1 Å². The quantitative estimate of drug-likeness (QED) is 0.0912. The lowest BCUT2D eigenvalue weighted by atomic mass is 10.1. The van der Waals surface area contributed by atoms with E-state index >= 15 is 0 Å². The number of nitrogens with one attached hydrogen (secondary N) is 1. The molecule has 2 unspecified atom stereocenters. The summed E-state index contributed by atoms with van der Waals surface area (Å²) in [5, 5.41) is 40.4. The van der Waals surface area contributed by atoms with E-state index in [1.807, 2.05) is 62.4 Å². The average Bonchev–Trinajstić information content (AvgIpc) is 3.90. The molecule has 48 heavy (non-hydrogen) atoms. The average molecular weight is 734 g/mol. The minimum absolute atomic E-state index is 0.0165. The highest BCUT2D eigenvalue weighted by Crippen LogP contribution is 2.42. The van der Waals surface area contributed by atoms with Crippen LogP contribution in [0, 0.1) is 0 Å². The first-order valence-corrected chi connectivity index (χ1v) is 21.3. The maximum absolute atomic E-state index is 9.44. The molecule has 1 aliphatic heterocycles. The Morgan fingerprint density at radius 3 is 1.56 bits per heavy atom. The summed E-state index contributed by atoms with van der Waals surface area (Å²) in [5.41, 5.74) is 8.67. The maximum Gasteiger partial charge on any atom is 0.0807 e. The molecule has 4 atom stereocenters. The minimum Gasteiger partial charge on any atom is -0.396 e. The standard InChI is InChI=1S/C13H20ClNO2.C9H12ClNO.C9H22Si.C4H8O.C3H8O/c1-2-13(17)8-15-12(9-16)7-10-3-5-11(14)6-4-10;10-8-3-1-7(2-4-8)5-9(11)6-12;1-8(2)10(6,7)9(3,4)5;1-2-4-3-5-4;1-2-3-4/h3-6,12-13,15-17H,2,7-9H2,1H3;1-4,9,12H,5-6,11H2;8H,1-7H3;4H,2-3H2,1H3;4H,2-3H2,1H3/t12?,13-;;;4-;/m1..1./s1.